The predicted octanol–water partition coefficient (Wildman–Crippen LogP) is 2.93. The monoisotopic (exact) mass is 404 g/mol. The zero-order valence-corrected chi connectivity index (χ0v) is 15.2. The second-order valence-corrected chi connectivity index (χ2v) is 6.35. The number of hydrogen-bond acceptors (Lipinski definition) is 5. The number of halogens is 2. The number of imide groups is 1. The van der Waals surface area contributed by atoms with Crippen molar-refractivity contribution in [2.24, 2.45) is 0 Å². The van der Waals surface area contributed by atoms with Crippen molar-refractivity contribution in [3.8, 4) is 0 Å². The van der Waals surface area contributed by atoms with Gasteiger partial charge >= 0.3 is 5.97 Å². The van der Waals surface area contributed by atoms with Crippen LogP contribution in [-0.4, -0.2) is 30.3 Å². The predicted molar refractivity (Wildman–Crippen MR) is 98.5 cm³/mol. The third-order valence-electron chi connectivity index (χ3n) is 3.95. The first kappa shape index (κ1) is 19.5. The lowest BCUT2D eigenvalue weighted by Gasteiger charge is -2.14. The number of carbonyl (C=O) groups excluding carboxylic acids is 4. The van der Waals surface area contributed by atoms with Gasteiger partial charge in [-0.2, -0.15) is 0 Å². The molecule has 1 aliphatic heterocycles. The molecule has 3 rings (SSSR count). The van der Waals surface area contributed by atoms with E-state index in [4.69, 9.17) is 16.3 Å². The van der Waals surface area contributed by atoms with E-state index in [1.807, 2.05) is 0 Å². The number of esters is 1. The van der Waals surface area contributed by atoms with Crippen LogP contribution in [0.2, 0.25) is 5.02 Å². The van der Waals surface area contributed by atoms with Gasteiger partial charge in [0.15, 0.2) is 6.61 Å². The molecule has 1 fully saturated rings. The Morgan fingerprint density at radius 3 is 2.36 bits per heavy atom. The van der Waals surface area contributed by atoms with E-state index in [1.54, 1.807) is 0 Å². The molecule has 7 nitrogen and oxygen atoms in total. The molecule has 1 aliphatic rings. The quantitative estimate of drug-likeness (QED) is 0.611. The lowest BCUT2D eigenvalue weighted by molar-refractivity contribution is -0.121. The Hall–Kier alpha value is -3.26. The fourth-order valence-electron chi connectivity index (χ4n) is 2.61. The number of amides is 3. The van der Waals surface area contributed by atoms with E-state index < -0.39 is 24.3 Å². The normalized spacial score (nSPS) is 13.6. The van der Waals surface area contributed by atoms with Crippen LogP contribution in [-0.2, 0) is 19.1 Å². The minimum Gasteiger partial charge on any atom is -0.452 e. The molecule has 0 saturated carbocycles. The Morgan fingerprint density at radius 2 is 1.71 bits per heavy atom. The summed E-state index contributed by atoms with van der Waals surface area (Å²) in [6.45, 7) is -0.629. The topological polar surface area (TPSA) is 92.8 Å². The average molecular weight is 405 g/mol. The molecule has 0 atom stereocenters. The molecule has 0 bridgehead atoms. The van der Waals surface area contributed by atoms with Crippen LogP contribution in [0.4, 0.5) is 15.8 Å². The molecule has 1 N–H and O–H groups in total. The number of anilines is 2. The van der Waals surface area contributed by atoms with Crippen molar-refractivity contribution in [2.45, 2.75) is 12.8 Å². The number of ether oxygens (including phenoxy) is 1. The average Bonchev–Trinajstić information content (AvgIpc) is 3.01. The Bertz CT molecular complexity index is 945. The Kier molecular flexibility index (Phi) is 5.70. The lowest BCUT2D eigenvalue weighted by atomic mass is 10.2. The fraction of sp³-hybridized carbons (Fsp3) is 0.158. The fourth-order valence-corrected chi connectivity index (χ4v) is 2.78. The largest absolute Gasteiger partial charge is 0.452 e. The summed E-state index contributed by atoms with van der Waals surface area (Å²) in [5.41, 5.74) is 0.362. The highest BCUT2D eigenvalue weighted by Crippen LogP contribution is 2.23. The standard InChI is InChI=1S/C19H14ClFN2O5/c20-12-3-6-14(21)15(9-12)22-16(24)10-28-19(27)11-1-4-13(5-2-11)23-17(25)7-8-18(23)26/h1-6,9H,7-8,10H2,(H,22,24). The van der Waals surface area contributed by atoms with Crippen LogP contribution in [0, 0.1) is 5.82 Å². The summed E-state index contributed by atoms with van der Waals surface area (Å²) in [5.74, 6) is -2.80. The summed E-state index contributed by atoms with van der Waals surface area (Å²) in [6.07, 6.45) is 0.315. The molecule has 2 aromatic carbocycles. The first-order valence-corrected chi connectivity index (χ1v) is 8.61. The SMILES string of the molecule is O=C(COC(=O)c1ccc(N2C(=O)CCC2=O)cc1)Nc1cc(Cl)ccc1F. The molecule has 9 heteroatoms. The highest BCUT2D eigenvalue weighted by atomic mass is 35.5. The lowest BCUT2D eigenvalue weighted by Crippen LogP contribution is -2.28. The van der Waals surface area contributed by atoms with E-state index >= 15 is 0 Å². The van der Waals surface area contributed by atoms with E-state index in [1.165, 1.54) is 36.4 Å². The van der Waals surface area contributed by atoms with Crippen LogP contribution in [0.5, 0.6) is 0 Å². The van der Waals surface area contributed by atoms with Crippen molar-refractivity contribution < 1.29 is 28.3 Å². The molecule has 2 aromatic rings. The molecule has 1 saturated heterocycles. The van der Waals surface area contributed by atoms with Gasteiger partial charge in [-0.1, -0.05) is 11.6 Å². The molecular weight excluding hydrogens is 391 g/mol. The van der Waals surface area contributed by atoms with Gasteiger partial charge in [-0.25, -0.2) is 9.18 Å². The van der Waals surface area contributed by atoms with Crippen LogP contribution < -0.4 is 10.2 Å². The van der Waals surface area contributed by atoms with Gasteiger partial charge in [-0.15, -0.1) is 0 Å². The Balaban J connectivity index is 1.57. The van der Waals surface area contributed by atoms with Crippen LogP contribution in [0.15, 0.2) is 42.5 Å². The summed E-state index contributed by atoms with van der Waals surface area (Å²) in [4.78, 5) is 48.3. The van der Waals surface area contributed by atoms with Crippen LogP contribution >= 0.6 is 11.6 Å². The van der Waals surface area contributed by atoms with Gasteiger partial charge in [-0.3, -0.25) is 19.3 Å². The van der Waals surface area contributed by atoms with Crippen molar-refractivity contribution >= 4 is 46.7 Å². The van der Waals surface area contributed by atoms with E-state index in [0.29, 0.717) is 5.69 Å². The molecule has 0 radical (unpaired) electrons. The molecule has 0 aliphatic carbocycles. The maximum Gasteiger partial charge on any atom is 0.338 e. The van der Waals surface area contributed by atoms with Crippen molar-refractivity contribution in [3.05, 3.63) is 58.9 Å². The molecule has 1 heterocycles. The highest BCUT2D eigenvalue weighted by molar-refractivity contribution is 6.30. The van der Waals surface area contributed by atoms with Crippen LogP contribution in [0.3, 0.4) is 0 Å². The van der Waals surface area contributed by atoms with Crippen molar-refractivity contribution in [2.75, 3.05) is 16.8 Å². The Labute approximate surface area is 164 Å². The van der Waals surface area contributed by atoms with Crippen LogP contribution in [0.25, 0.3) is 0 Å². The summed E-state index contributed by atoms with van der Waals surface area (Å²) >= 11 is 5.74. The molecule has 0 unspecified atom stereocenters. The summed E-state index contributed by atoms with van der Waals surface area (Å²) in [6, 6.07) is 9.31. The van der Waals surface area contributed by atoms with Gasteiger partial charge in [0, 0.05) is 17.9 Å². The van der Waals surface area contributed by atoms with Gasteiger partial charge in [0.05, 0.1) is 16.9 Å². The van der Waals surface area contributed by atoms with Crippen molar-refractivity contribution in [1.29, 1.82) is 0 Å². The second kappa shape index (κ2) is 8.18. The first-order chi connectivity index (χ1) is 13.3. The number of carbonyl (C=O) groups is 4. The number of benzene rings is 2. The molecule has 144 valence electrons. The van der Waals surface area contributed by atoms with Crippen LogP contribution in [0.1, 0.15) is 23.2 Å². The summed E-state index contributed by atoms with van der Waals surface area (Å²) < 4.78 is 18.5. The minimum atomic E-state index is -0.785. The molecule has 28 heavy (non-hydrogen) atoms. The maximum absolute atomic E-state index is 13.6. The van der Waals surface area contributed by atoms with Gasteiger partial charge in [0.1, 0.15) is 5.82 Å². The van der Waals surface area contributed by atoms with E-state index in [0.717, 1.165) is 11.0 Å². The van der Waals surface area contributed by atoms with E-state index in [-0.39, 0.29) is 40.9 Å². The molecule has 0 aromatic heterocycles. The van der Waals surface area contributed by atoms with Gasteiger partial charge in [0.25, 0.3) is 5.91 Å². The van der Waals surface area contributed by atoms with Crippen molar-refractivity contribution in [3.63, 3.8) is 0 Å². The molecular formula is C19H14ClFN2O5. The third kappa shape index (κ3) is 4.34. The van der Waals surface area contributed by atoms with Gasteiger partial charge < -0.3 is 10.1 Å². The summed E-state index contributed by atoms with van der Waals surface area (Å²) in [5, 5.41) is 2.50. The highest BCUT2D eigenvalue weighted by Gasteiger charge is 2.30. The number of hydrogen-bond donors (Lipinski definition) is 1. The Morgan fingerprint density at radius 1 is 1.07 bits per heavy atom. The number of nitrogens with zero attached hydrogens (tertiary/aromatic N) is 1. The molecule has 3 amide bonds. The van der Waals surface area contributed by atoms with Gasteiger partial charge in [0.2, 0.25) is 11.8 Å². The third-order valence-corrected chi connectivity index (χ3v) is 4.18. The smallest absolute Gasteiger partial charge is 0.338 e. The maximum atomic E-state index is 13.6. The zero-order valence-electron chi connectivity index (χ0n) is 14.4. The summed E-state index contributed by atoms with van der Waals surface area (Å²) in [7, 11) is 0. The zero-order chi connectivity index (χ0) is 20.3. The molecule has 0 spiro atoms. The number of rotatable bonds is 5. The van der Waals surface area contributed by atoms with Crippen molar-refractivity contribution in [1.82, 2.24) is 0 Å². The van der Waals surface area contributed by atoms with Gasteiger partial charge in [-0.05, 0) is 42.5 Å². The minimum absolute atomic E-state index is 0.127. The van der Waals surface area contributed by atoms with E-state index in [2.05, 4.69) is 5.32 Å². The number of nitrogens with one attached hydrogen (secondary N) is 1. The van der Waals surface area contributed by atoms with E-state index in [9.17, 15) is 23.6 Å². The second-order valence-electron chi connectivity index (χ2n) is 5.92. The first-order valence-electron chi connectivity index (χ1n) is 8.23.